The van der Waals surface area contributed by atoms with Crippen LogP contribution in [0.4, 0.5) is 0 Å². The van der Waals surface area contributed by atoms with Gasteiger partial charge in [-0.3, -0.25) is 4.79 Å². The van der Waals surface area contributed by atoms with Gasteiger partial charge < -0.3 is 19.9 Å². The average molecular weight is 329 g/mol. The molecule has 0 bridgehead atoms. The van der Waals surface area contributed by atoms with Gasteiger partial charge in [0.15, 0.2) is 6.61 Å². The molecule has 128 valence electrons. The van der Waals surface area contributed by atoms with Crippen LogP contribution in [0.3, 0.4) is 0 Å². The van der Waals surface area contributed by atoms with E-state index in [2.05, 4.69) is 5.32 Å². The fraction of sp³-hybridized carbons (Fsp3) is 0.316. The van der Waals surface area contributed by atoms with Crippen LogP contribution in [0.2, 0.25) is 0 Å². The van der Waals surface area contributed by atoms with Crippen LogP contribution >= 0.6 is 0 Å². The molecule has 24 heavy (non-hydrogen) atoms. The van der Waals surface area contributed by atoms with E-state index in [-0.39, 0.29) is 31.8 Å². The van der Waals surface area contributed by atoms with Crippen LogP contribution in [-0.2, 0) is 9.53 Å². The van der Waals surface area contributed by atoms with Crippen molar-refractivity contribution in [3.63, 3.8) is 0 Å². The molecular formula is C19H23NO4. The van der Waals surface area contributed by atoms with Crippen molar-refractivity contribution >= 4 is 5.91 Å². The first-order valence-corrected chi connectivity index (χ1v) is 7.92. The predicted octanol–water partition coefficient (Wildman–Crippen LogP) is 2.24. The summed E-state index contributed by atoms with van der Waals surface area (Å²) in [6.07, 6.45) is -0.307. The Hall–Kier alpha value is -2.37. The van der Waals surface area contributed by atoms with Gasteiger partial charge in [0.1, 0.15) is 5.75 Å². The smallest absolute Gasteiger partial charge is 0.258 e. The van der Waals surface area contributed by atoms with Crippen LogP contribution in [0.1, 0.15) is 17.2 Å². The Bertz CT molecular complexity index is 613. The summed E-state index contributed by atoms with van der Waals surface area (Å²) in [5.74, 6) is 0.433. The lowest BCUT2D eigenvalue weighted by Crippen LogP contribution is -2.33. The van der Waals surface area contributed by atoms with Gasteiger partial charge in [-0.05, 0) is 24.6 Å². The van der Waals surface area contributed by atoms with Crippen molar-refractivity contribution in [2.24, 2.45) is 0 Å². The summed E-state index contributed by atoms with van der Waals surface area (Å²) in [5, 5.41) is 11.8. The maximum Gasteiger partial charge on any atom is 0.258 e. The standard InChI is InChI=1S/C19H23NO4/c1-15-7-9-16(10-8-15)18(23-12-11-21)13-20-19(22)14-24-17-5-3-2-4-6-17/h2-10,18,21H,11-14H2,1H3,(H,20,22). The third-order valence-electron chi connectivity index (χ3n) is 3.46. The summed E-state index contributed by atoms with van der Waals surface area (Å²) in [6.45, 7) is 2.43. The van der Waals surface area contributed by atoms with E-state index in [1.807, 2.05) is 49.4 Å². The number of hydrogen-bond donors (Lipinski definition) is 2. The maximum absolute atomic E-state index is 11.9. The highest BCUT2D eigenvalue weighted by molar-refractivity contribution is 5.77. The number of aliphatic hydroxyl groups is 1. The zero-order chi connectivity index (χ0) is 17.2. The van der Waals surface area contributed by atoms with Crippen molar-refractivity contribution in [3.8, 4) is 5.75 Å². The highest BCUT2D eigenvalue weighted by Crippen LogP contribution is 2.17. The van der Waals surface area contributed by atoms with E-state index >= 15 is 0 Å². The zero-order valence-corrected chi connectivity index (χ0v) is 13.8. The lowest BCUT2D eigenvalue weighted by atomic mass is 10.1. The molecule has 0 heterocycles. The minimum atomic E-state index is -0.307. The number of carbonyl (C=O) groups excluding carboxylic acids is 1. The van der Waals surface area contributed by atoms with E-state index in [0.29, 0.717) is 12.3 Å². The van der Waals surface area contributed by atoms with Gasteiger partial charge >= 0.3 is 0 Å². The Kier molecular flexibility index (Phi) is 7.26. The zero-order valence-electron chi connectivity index (χ0n) is 13.8. The molecule has 0 aromatic heterocycles. The van der Waals surface area contributed by atoms with Crippen molar-refractivity contribution < 1.29 is 19.4 Å². The van der Waals surface area contributed by atoms with Gasteiger partial charge in [-0.2, -0.15) is 0 Å². The summed E-state index contributed by atoms with van der Waals surface area (Å²) in [7, 11) is 0. The van der Waals surface area contributed by atoms with E-state index in [4.69, 9.17) is 14.6 Å². The Morgan fingerprint density at radius 1 is 1.12 bits per heavy atom. The lowest BCUT2D eigenvalue weighted by Gasteiger charge is -2.19. The predicted molar refractivity (Wildman–Crippen MR) is 91.9 cm³/mol. The van der Waals surface area contributed by atoms with Gasteiger partial charge in [0.05, 0.1) is 19.3 Å². The van der Waals surface area contributed by atoms with Crippen LogP contribution in [0, 0.1) is 6.92 Å². The van der Waals surface area contributed by atoms with Gasteiger partial charge in [-0.1, -0.05) is 48.0 Å². The molecule has 2 N–H and O–H groups in total. The van der Waals surface area contributed by atoms with Crippen molar-refractivity contribution in [1.82, 2.24) is 5.32 Å². The van der Waals surface area contributed by atoms with Crippen molar-refractivity contribution in [3.05, 3.63) is 65.7 Å². The molecule has 0 radical (unpaired) electrons. The summed E-state index contributed by atoms with van der Waals surface area (Å²) in [5.41, 5.74) is 2.11. The molecule has 5 heteroatoms. The second-order valence-electron chi connectivity index (χ2n) is 5.40. The third-order valence-corrected chi connectivity index (χ3v) is 3.46. The number of aryl methyl sites for hydroxylation is 1. The van der Waals surface area contributed by atoms with Gasteiger partial charge in [0.25, 0.3) is 5.91 Å². The van der Waals surface area contributed by atoms with E-state index in [1.165, 1.54) is 0 Å². The first kappa shape index (κ1) is 18.0. The maximum atomic E-state index is 11.9. The molecule has 0 fully saturated rings. The summed E-state index contributed by atoms with van der Waals surface area (Å²) >= 11 is 0. The van der Waals surface area contributed by atoms with E-state index in [9.17, 15) is 4.79 Å². The monoisotopic (exact) mass is 329 g/mol. The molecule has 0 spiro atoms. The highest BCUT2D eigenvalue weighted by atomic mass is 16.5. The number of nitrogens with one attached hydrogen (secondary N) is 1. The number of amides is 1. The molecule has 1 amide bonds. The van der Waals surface area contributed by atoms with Gasteiger partial charge in [-0.25, -0.2) is 0 Å². The van der Waals surface area contributed by atoms with E-state index < -0.39 is 0 Å². The molecule has 0 saturated heterocycles. The largest absolute Gasteiger partial charge is 0.484 e. The summed E-state index contributed by atoms with van der Waals surface area (Å²) in [6, 6.07) is 17.1. The molecule has 2 aromatic rings. The van der Waals surface area contributed by atoms with Crippen LogP contribution in [0.5, 0.6) is 5.75 Å². The number of para-hydroxylation sites is 1. The molecule has 2 rings (SSSR count). The topological polar surface area (TPSA) is 67.8 Å². The number of rotatable bonds is 9. The van der Waals surface area contributed by atoms with Crippen molar-refractivity contribution in [2.45, 2.75) is 13.0 Å². The molecule has 1 atom stereocenters. The van der Waals surface area contributed by atoms with E-state index in [1.54, 1.807) is 12.1 Å². The summed E-state index contributed by atoms with van der Waals surface area (Å²) in [4.78, 5) is 11.9. The first-order chi connectivity index (χ1) is 11.7. The molecule has 0 aliphatic rings. The van der Waals surface area contributed by atoms with Gasteiger partial charge in [0, 0.05) is 6.54 Å². The van der Waals surface area contributed by atoms with Crippen LogP contribution in [0.15, 0.2) is 54.6 Å². The van der Waals surface area contributed by atoms with Crippen molar-refractivity contribution in [2.75, 3.05) is 26.4 Å². The molecule has 2 aromatic carbocycles. The SMILES string of the molecule is Cc1ccc(C(CNC(=O)COc2ccccc2)OCCO)cc1. The molecule has 0 aliphatic heterocycles. The molecule has 5 nitrogen and oxygen atoms in total. The Balaban J connectivity index is 1.85. The number of ether oxygens (including phenoxy) is 2. The first-order valence-electron chi connectivity index (χ1n) is 7.92. The summed E-state index contributed by atoms with van der Waals surface area (Å²) < 4.78 is 11.0. The second-order valence-corrected chi connectivity index (χ2v) is 5.40. The Morgan fingerprint density at radius 2 is 1.83 bits per heavy atom. The van der Waals surface area contributed by atoms with Gasteiger partial charge in [0.2, 0.25) is 0 Å². The normalized spacial score (nSPS) is 11.8. The highest BCUT2D eigenvalue weighted by Gasteiger charge is 2.13. The van der Waals surface area contributed by atoms with Crippen LogP contribution in [-0.4, -0.2) is 37.4 Å². The number of carbonyl (C=O) groups is 1. The molecular weight excluding hydrogens is 306 g/mol. The lowest BCUT2D eigenvalue weighted by molar-refractivity contribution is -0.123. The average Bonchev–Trinajstić information content (AvgIpc) is 2.62. The van der Waals surface area contributed by atoms with Crippen molar-refractivity contribution in [1.29, 1.82) is 0 Å². The Morgan fingerprint density at radius 3 is 2.50 bits per heavy atom. The minimum absolute atomic E-state index is 0.0510. The second kappa shape index (κ2) is 9.70. The number of hydrogen-bond acceptors (Lipinski definition) is 4. The molecule has 0 aliphatic carbocycles. The van der Waals surface area contributed by atoms with Crippen LogP contribution < -0.4 is 10.1 Å². The number of aliphatic hydroxyl groups excluding tert-OH is 1. The fourth-order valence-electron chi connectivity index (χ4n) is 2.17. The minimum Gasteiger partial charge on any atom is -0.484 e. The fourth-order valence-corrected chi connectivity index (χ4v) is 2.17. The molecule has 0 saturated carbocycles. The number of benzene rings is 2. The van der Waals surface area contributed by atoms with Gasteiger partial charge in [-0.15, -0.1) is 0 Å². The molecule has 1 unspecified atom stereocenters. The quantitative estimate of drug-likeness (QED) is 0.740. The Labute approximate surface area is 142 Å². The van der Waals surface area contributed by atoms with E-state index in [0.717, 1.165) is 11.1 Å². The third kappa shape index (κ3) is 6.02. The van der Waals surface area contributed by atoms with Crippen LogP contribution in [0.25, 0.3) is 0 Å².